The van der Waals surface area contributed by atoms with E-state index in [4.69, 9.17) is 35.3 Å². The molecule has 1 fully saturated rings. The maximum absolute atomic E-state index is 14.3. The van der Waals surface area contributed by atoms with Gasteiger partial charge in [0.1, 0.15) is 11.4 Å². The van der Waals surface area contributed by atoms with Gasteiger partial charge < -0.3 is 23.1 Å². The number of carbonyl (C=O) groups is 1. The van der Waals surface area contributed by atoms with Crippen LogP contribution in [0.5, 0.6) is 5.75 Å². The van der Waals surface area contributed by atoms with Crippen LogP contribution in [-0.2, 0) is 18.3 Å². The Hall–Kier alpha value is -1.73. The van der Waals surface area contributed by atoms with Crippen LogP contribution >= 0.6 is 12.2 Å². The second kappa shape index (κ2) is 15.9. The van der Waals surface area contributed by atoms with Gasteiger partial charge in [0, 0.05) is 42.8 Å². The van der Waals surface area contributed by atoms with E-state index in [-0.39, 0.29) is 38.8 Å². The van der Waals surface area contributed by atoms with Gasteiger partial charge in [0.05, 0.1) is 0 Å². The van der Waals surface area contributed by atoms with Crippen LogP contribution in [0.3, 0.4) is 0 Å². The van der Waals surface area contributed by atoms with Crippen molar-refractivity contribution in [2.45, 2.75) is 155 Å². The van der Waals surface area contributed by atoms with Crippen LogP contribution in [0.2, 0.25) is 36.3 Å². The van der Waals surface area contributed by atoms with Crippen LogP contribution < -0.4 is 4.74 Å². The molecule has 1 amide bonds. The van der Waals surface area contributed by atoms with Crippen molar-refractivity contribution < 1.29 is 27.9 Å². The van der Waals surface area contributed by atoms with Crippen LogP contribution in [0.1, 0.15) is 101 Å². The minimum atomic E-state index is -1.93. The Bertz CT molecular complexity index is 1280. The highest BCUT2D eigenvalue weighted by atomic mass is 32.1. The molecule has 10 heteroatoms. The summed E-state index contributed by atoms with van der Waals surface area (Å²) in [6.45, 7) is 32.1. The van der Waals surface area contributed by atoms with Gasteiger partial charge in [0.2, 0.25) is 0 Å². The van der Waals surface area contributed by atoms with Crippen molar-refractivity contribution in [3.05, 3.63) is 42.5 Å². The summed E-state index contributed by atoms with van der Waals surface area (Å²) in [6.07, 6.45) is 7.84. The van der Waals surface area contributed by atoms with E-state index in [1.165, 1.54) is 0 Å². The lowest BCUT2D eigenvalue weighted by Crippen LogP contribution is -2.49. The van der Waals surface area contributed by atoms with E-state index in [9.17, 15) is 4.79 Å². The van der Waals surface area contributed by atoms with E-state index >= 15 is 0 Å². The summed E-state index contributed by atoms with van der Waals surface area (Å²) in [5.41, 5.74) is -1.03. The number of nitrogens with zero attached hydrogens (tertiary/aromatic N) is 1. The molecule has 2 aliphatic rings. The maximum Gasteiger partial charge on any atom is 0.413 e. The van der Waals surface area contributed by atoms with Crippen molar-refractivity contribution in [3.8, 4) is 5.75 Å². The van der Waals surface area contributed by atoms with E-state index in [2.05, 4.69) is 86.8 Å². The van der Waals surface area contributed by atoms with Gasteiger partial charge in [0.25, 0.3) is 0 Å². The smallest absolute Gasteiger partial charge is 0.413 e. The Morgan fingerprint density at radius 2 is 1.45 bits per heavy atom. The first kappa shape index (κ1) is 41.7. The Balaban J connectivity index is 2.03. The Morgan fingerprint density at radius 1 is 0.898 bits per heavy atom. The van der Waals surface area contributed by atoms with Crippen molar-refractivity contribution in [3.63, 3.8) is 0 Å². The Morgan fingerprint density at radius 3 is 1.98 bits per heavy atom. The molecule has 3 rings (SSSR count). The van der Waals surface area contributed by atoms with Crippen molar-refractivity contribution >= 4 is 40.2 Å². The third-order valence-electron chi connectivity index (χ3n) is 11.3. The summed E-state index contributed by atoms with van der Waals surface area (Å²) in [7, 11) is -3.85. The zero-order valence-electron chi connectivity index (χ0n) is 33.1. The number of benzene rings is 1. The van der Waals surface area contributed by atoms with E-state index < -0.39 is 28.5 Å². The molecule has 7 nitrogen and oxygen atoms in total. The standard InChI is InChI=1S/C39H67NO6SSi2/c1-29-23-25-39(24-19-27-43-49(13,14)38(8,9)10)31(22-18-26-42-48(11,12)37(5,6)7)33(45-35(47)44-30-20-16-15-17-21-30)40(32(39)28-29)34(41)46-36(2,3)4/h15-17,20-21,23,25,29,31-33H,18-19,22,24,26-28H2,1-14H3/t29-,31?,32+,33+,39+/m1/s1. The fourth-order valence-corrected chi connectivity index (χ4v) is 8.86. The fraction of sp³-hybridized carbons (Fsp3) is 0.744. The van der Waals surface area contributed by atoms with Crippen LogP contribution in [0.15, 0.2) is 42.5 Å². The van der Waals surface area contributed by atoms with Gasteiger partial charge in [-0.3, -0.25) is 4.90 Å². The van der Waals surface area contributed by atoms with Crippen LogP contribution in [0.4, 0.5) is 4.79 Å². The van der Waals surface area contributed by atoms with Crippen molar-refractivity contribution in [1.82, 2.24) is 4.90 Å². The topological polar surface area (TPSA) is 66.5 Å². The van der Waals surface area contributed by atoms with Crippen molar-refractivity contribution in [1.29, 1.82) is 0 Å². The third kappa shape index (κ3) is 10.7. The predicted octanol–water partition coefficient (Wildman–Crippen LogP) is 11.1. The molecule has 1 unspecified atom stereocenters. The molecule has 1 heterocycles. The molecule has 1 aromatic rings. The number of amides is 1. The van der Waals surface area contributed by atoms with E-state index in [1.807, 2.05) is 56.0 Å². The number of rotatable bonds is 12. The normalized spacial score (nSPS) is 24.8. The Kier molecular flexibility index (Phi) is 13.5. The number of fused-ring (bicyclic) bond motifs is 1. The van der Waals surface area contributed by atoms with Crippen LogP contribution in [0, 0.1) is 17.3 Å². The highest BCUT2D eigenvalue weighted by Crippen LogP contribution is 2.56. The maximum atomic E-state index is 14.3. The van der Waals surface area contributed by atoms with Gasteiger partial charge >= 0.3 is 11.3 Å². The van der Waals surface area contributed by atoms with Gasteiger partial charge in [-0.1, -0.05) is 78.8 Å². The average molecular weight is 734 g/mol. The first-order chi connectivity index (χ1) is 22.4. The van der Waals surface area contributed by atoms with Gasteiger partial charge in [-0.25, -0.2) is 4.79 Å². The largest absolute Gasteiger partial charge is 0.444 e. The Labute approximate surface area is 306 Å². The summed E-state index contributed by atoms with van der Waals surface area (Å²) in [5.74, 6) is 0.819. The summed E-state index contributed by atoms with van der Waals surface area (Å²) in [4.78, 5) is 16.1. The molecule has 0 saturated carbocycles. The van der Waals surface area contributed by atoms with E-state index in [0.29, 0.717) is 24.9 Å². The van der Waals surface area contributed by atoms with E-state index in [0.717, 1.165) is 32.1 Å². The lowest BCUT2D eigenvalue weighted by Gasteiger charge is -2.43. The number of thiocarbonyl (C=S) groups is 1. The average Bonchev–Trinajstić information content (AvgIpc) is 3.20. The van der Waals surface area contributed by atoms with Crippen LogP contribution in [0.25, 0.3) is 0 Å². The zero-order chi connectivity index (χ0) is 37.1. The van der Waals surface area contributed by atoms with Gasteiger partial charge in [0.15, 0.2) is 22.9 Å². The number of hydrogen-bond acceptors (Lipinski definition) is 7. The first-order valence-corrected chi connectivity index (χ1v) is 24.5. The molecule has 278 valence electrons. The van der Waals surface area contributed by atoms with E-state index in [1.54, 1.807) is 0 Å². The quantitative estimate of drug-likeness (QED) is 0.0917. The molecule has 49 heavy (non-hydrogen) atoms. The zero-order valence-corrected chi connectivity index (χ0v) is 35.9. The molecule has 0 N–H and O–H groups in total. The minimum absolute atomic E-state index is 0.000586. The van der Waals surface area contributed by atoms with Gasteiger partial charge in [-0.05, 0) is 107 Å². The predicted molar refractivity (Wildman–Crippen MR) is 210 cm³/mol. The number of allylic oxidation sites excluding steroid dienone is 1. The summed E-state index contributed by atoms with van der Waals surface area (Å²) >= 11 is 5.73. The van der Waals surface area contributed by atoms with Gasteiger partial charge in [-0.2, -0.15) is 0 Å². The highest BCUT2D eigenvalue weighted by Gasteiger charge is 2.62. The molecule has 5 atom stereocenters. The molecule has 1 aromatic carbocycles. The summed E-state index contributed by atoms with van der Waals surface area (Å²) in [5, 5.41) is 0.257. The number of ether oxygens (including phenoxy) is 3. The molecule has 1 aliphatic carbocycles. The second-order valence-electron chi connectivity index (χ2n) is 18.3. The highest BCUT2D eigenvalue weighted by molar-refractivity contribution is 7.79. The lowest BCUT2D eigenvalue weighted by molar-refractivity contribution is -0.0370. The number of hydrogen-bond donors (Lipinski definition) is 0. The number of para-hydroxylation sites is 1. The third-order valence-corrected chi connectivity index (χ3v) is 20.6. The second-order valence-corrected chi connectivity index (χ2v) is 28.3. The van der Waals surface area contributed by atoms with Gasteiger partial charge in [-0.15, -0.1) is 0 Å². The van der Waals surface area contributed by atoms with Crippen molar-refractivity contribution in [2.24, 2.45) is 17.3 Å². The molecule has 0 aromatic heterocycles. The first-order valence-electron chi connectivity index (χ1n) is 18.3. The molecular weight excluding hydrogens is 667 g/mol. The molecule has 1 saturated heterocycles. The molecule has 0 spiro atoms. The molecule has 0 bridgehead atoms. The van der Waals surface area contributed by atoms with Crippen LogP contribution in [-0.4, -0.2) is 63.9 Å². The van der Waals surface area contributed by atoms with Crippen molar-refractivity contribution in [2.75, 3.05) is 13.2 Å². The number of carbonyl (C=O) groups excluding carboxylic acids is 1. The monoisotopic (exact) mass is 733 g/mol. The minimum Gasteiger partial charge on any atom is -0.444 e. The fourth-order valence-electron chi connectivity index (χ4n) is 6.49. The summed E-state index contributed by atoms with van der Waals surface area (Å²) < 4.78 is 32.1. The molecule has 1 aliphatic heterocycles. The molecule has 0 radical (unpaired) electrons. The summed E-state index contributed by atoms with van der Waals surface area (Å²) in [6, 6.07) is 9.28. The number of likely N-dealkylation sites (tertiary alicyclic amines) is 1. The SMILES string of the molecule is C[C@@H]1C=C[C@@]2(CCCO[Si](C)(C)C(C)(C)C)C(CCCO[Si](C)(C)C(C)(C)C)[C@H](OC(=S)Oc3ccccc3)N(C(=O)OC(C)(C)C)[C@H]2C1. The molecular formula is C39H67NO6SSi2. The lowest BCUT2D eigenvalue weighted by atomic mass is 9.63.